The molecule has 0 saturated heterocycles. The van der Waals surface area contributed by atoms with Gasteiger partial charge in [0.15, 0.2) is 6.10 Å². The van der Waals surface area contributed by atoms with Gasteiger partial charge < -0.3 is 20.0 Å². The number of nitrogens with one attached hydrogen (secondary N) is 1. The standard InChI is InChI=1S/C23H29FN4O2/c1-16(2)25-23(29)28(14-17-6-5-7-19(24)12-17)15-21-13-22(26-30-21)18-8-10-20(11-9-18)27(3)4/h5-12,16,21H,13-15H2,1-4H3,(H,25,29). The Bertz CT molecular complexity index is 896. The topological polar surface area (TPSA) is 57.2 Å². The number of rotatable bonds is 7. The Hall–Kier alpha value is -3.09. The van der Waals surface area contributed by atoms with Crippen molar-refractivity contribution in [2.45, 2.75) is 39.0 Å². The molecule has 1 heterocycles. The van der Waals surface area contributed by atoms with E-state index in [4.69, 9.17) is 4.84 Å². The molecule has 0 fully saturated rings. The zero-order chi connectivity index (χ0) is 21.7. The minimum atomic E-state index is -0.319. The first-order valence-corrected chi connectivity index (χ1v) is 10.1. The van der Waals surface area contributed by atoms with Crippen LogP contribution < -0.4 is 10.2 Å². The molecule has 2 aromatic carbocycles. The van der Waals surface area contributed by atoms with Crippen LogP contribution in [0.15, 0.2) is 53.7 Å². The Morgan fingerprint density at radius 2 is 1.97 bits per heavy atom. The second kappa shape index (κ2) is 9.61. The van der Waals surface area contributed by atoms with Gasteiger partial charge in [0.1, 0.15) is 5.82 Å². The monoisotopic (exact) mass is 412 g/mol. The van der Waals surface area contributed by atoms with Crippen molar-refractivity contribution in [3.63, 3.8) is 0 Å². The maximum Gasteiger partial charge on any atom is 0.318 e. The Balaban J connectivity index is 1.66. The Kier molecular flexibility index (Phi) is 6.92. The lowest BCUT2D eigenvalue weighted by Gasteiger charge is -2.26. The molecular formula is C23H29FN4O2. The van der Waals surface area contributed by atoms with Gasteiger partial charge in [-0.1, -0.05) is 29.4 Å². The lowest BCUT2D eigenvalue weighted by molar-refractivity contribution is 0.0586. The highest BCUT2D eigenvalue weighted by Crippen LogP contribution is 2.21. The van der Waals surface area contributed by atoms with E-state index in [1.165, 1.54) is 12.1 Å². The van der Waals surface area contributed by atoms with Crippen molar-refractivity contribution in [3.8, 4) is 0 Å². The largest absolute Gasteiger partial charge is 0.390 e. The average molecular weight is 413 g/mol. The van der Waals surface area contributed by atoms with E-state index in [0.29, 0.717) is 19.5 Å². The molecule has 1 aliphatic heterocycles. The first-order chi connectivity index (χ1) is 14.3. The molecule has 30 heavy (non-hydrogen) atoms. The second-order valence-corrected chi connectivity index (χ2v) is 8.03. The Labute approximate surface area is 177 Å². The smallest absolute Gasteiger partial charge is 0.318 e. The summed E-state index contributed by atoms with van der Waals surface area (Å²) in [6.45, 7) is 4.47. The molecule has 0 spiro atoms. The molecule has 1 unspecified atom stereocenters. The second-order valence-electron chi connectivity index (χ2n) is 8.03. The molecule has 1 aliphatic rings. The average Bonchev–Trinajstić information content (AvgIpc) is 3.15. The summed E-state index contributed by atoms with van der Waals surface area (Å²) in [7, 11) is 3.99. The lowest BCUT2D eigenvalue weighted by Crippen LogP contribution is -2.45. The number of nitrogens with zero attached hydrogens (tertiary/aromatic N) is 3. The molecule has 2 amide bonds. The number of hydrogen-bond donors (Lipinski definition) is 1. The van der Waals surface area contributed by atoms with Crippen molar-refractivity contribution in [1.82, 2.24) is 10.2 Å². The van der Waals surface area contributed by atoms with E-state index in [2.05, 4.69) is 10.5 Å². The van der Waals surface area contributed by atoms with Crippen LogP contribution >= 0.6 is 0 Å². The van der Waals surface area contributed by atoms with Crippen LogP contribution in [-0.2, 0) is 11.4 Å². The van der Waals surface area contributed by atoms with E-state index in [-0.39, 0.29) is 24.0 Å². The summed E-state index contributed by atoms with van der Waals surface area (Å²) in [5, 5.41) is 7.15. The van der Waals surface area contributed by atoms with E-state index in [0.717, 1.165) is 22.5 Å². The van der Waals surface area contributed by atoms with Gasteiger partial charge >= 0.3 is 6.03 Å². The van der Waals surface area contributed by atoms with Crippen LogP contribution in [0.1, 0.15) is 31.4 Å². The molecule has 7 heteroatoms. The number of oxime groups is 1. The van der Waals surface area contributed by atoms with Gasteiger partial charge in [-0.3, -0.25) is 0 Å². The summed E-state index contributed by atoms with van der Waals surface area (Å²) in [5.74, 6) is -0.319. The highest BCUT2D eigenvalue weighted by Gasteiger charge is 2.27. The summed E-state index contributed by atoms with van der Waals surface area (Å²) in [5.41, 5.74) is 3.71. The van der Waals surface area contributed by atoms with Crippen LogP contribution in [0.25, 0.3) is 0 Å². The van der Waals surface area contributed by atoms with Gasteiger partial charge in [-0.15, -0.1) is 0 Å². The molecule has 2 aromatic rings. The Morgan fingerprint density at radius 3 is 2.60 bits per heavy atom. The van der Waals surface area contributed by atoms with Crippen LogP contribution in [0.2, 0.25) is 0 Å². The molecule has 3 rings (SSSR count). The summed E-state index contributed by atoms with van der Waals surface area (Å²) in [6, 6.07) is 14.2. The summed E-state index contributed by atoms with van der Waals surface area (Å²) >= 11 is 0. The molecule has 0 radical (unpaired) electrons. The van der Waals surface area contributed by atoms with E-state index < -0.39 is 0 Å². The first kappa shape index (κ1) is 21.6. The van der Waals surface area contributed by atoms with Gasteiger partial charge in [0.05, 0.1) is 12.3 Å². The maximum atomic E-state index is 13.6. The molecule has 0 aliphatic carbocycles. The van der Waals surface area contributed by atoms with Crippen LogP contribution in [0.3, 0.4) is 0 Å². The minimum absolute atomic E-state index is 0.000900. The van der Waals surface area contributed by atoms with Gasteiger partial charge in [-0.2, -0.15) is 0 Å². The van der Waals surface area contributed by atoms with Crippen molar-refractivity contribution in [3.05, 3.63) is 65.5 Å². The molecule has 1 atom stereocenters. The Morgan fingerprint density at radius 1 is 1.23 bits per heavy atom. The minimum Gasteiger partial charge on any atom is -0.390 e. The number of carbonyl (C=O) groups excluding carboxylic acids is 1. The number of amides is 2. The number of urea groups is 1. The maximum absolute atomic E-state index is 13.6. The summed E-state index contributed by atoms with van der Waals surface area (Å²) in [4.78, 5) is 22.0. The van der Waals surface area contributed by atoms with Crippen LogP contribution in [-0.4, -0.2) is 49.4 Å². The third-order valence-corrected chi connectivity index (χ3v) is 4.84. The van der Waals surface area contributed by atoms with Crippen LogP contribution in [0, 0.1) is 5.82 Å². The predicted molar refractivity (Wildman–Crippen MR) is 117 cm³/mol. The fraction of sp³-hybridized carbons (Fsp3) is 0.391. The molecule has 160 valence electrons. The van der Waals surface area contributed by atoms with E-state index in [1.807, 2.05) is 63.2 Å². The van der Waals surface area contributed by atoms with Gasteiger partial charge in [0.2, 0.25) is 0 Å². The van der Waals surface area contributed by atoms with Crippen molar-refractivity contribution in [2.75, 3.05) is 25.5 Å². The molecule has 0 bridgehead atoms. The van der Waals surface area contributed by atoms with Gasteiger partial charge in [0, 0.05) is 38.8 Å². The van der Waals surface area contributed by atoms with Crippen molar-refractivity contribution < 1.29 is 14.0 Å². The predicted octanol–water partition coefficient (Wildman–Crippen LogP) is 4.00. The van der Waals surface area contributed by atoms with Gasteiger partial charge in [0.25, 0.3) is 0 Å². The van der Waals surface area contributed by atoms with E-state index >= 15 is 0 Å². The zero-order valence-electron chi connectivity index (χ0n) is 17.9. The molecular weight excluding hydrogens is 383 g/mol. The number of benzene rings is 2. The van der Waals surface area contributed by atoms with Crippen molar-refractivity contribution in [1.29, 1.82) is 0 Å². The number of anilines is 1. The summed E-state index contributed by atoms with van der Waals surface area (Å²) < 4.78 is 13.6. The molecule has 0 aromatic heterocycles. The van der Waals surface area contributed by atoms with E-state index in [1.54, 1.807) is 11.0 Å². The molecule has 1 N–H and O–H groups in total. The highest BCUT2D eigenvalue weighted by atomic mass is 19.1. The fourth-order valence-electron chi connectivity index (χ4n) is 3.31. The molecule has 6 nitrogen and oxygen atoms in total. The van der Waals surface area contributed by atoms with Crippen molar-refractivity contribution >= 4 is 17.4 Å². The van der Waals surface area contributed by atoms with E-state index in [9.17, 15) is 9.18 Å². The quantitative estimate of drug-likeness (QED) is 0.748. The van der Waals surface area contributed by atoms with Crippen molar-refractivity contribution in [2.24, 2.45) is 5.16 Å². The lowest BCUT2D eigenvalue weighted by atomic mass is 10.0. The third kappa shape index (κ3) is 5.72. The number of carbonyl (C=O) groups is 1. The van der Waals surface area contributed by atoms with Crippen LogP contribution in [0.4, 0.5) is 14.9 Å². The fourth-order valence-corrected chi connectivity index (χ4v) is 3.31. The van der Waals surface area contributed by atoms with Gasteiger partial charge in [-0.25, -0.2) is 9.18 Å². The van der Waals surface area contributed by atoms with Crippen LogP contribution in [0.5, 0.6) is 0 Å². The first-order valence-electron chi connectivity index (χ1n) is 10.1. The summed E-state index contributed by atoms with van der Waals surface area (Å²) in [6.07, 6.45) is 0.357. The third-order valence-electron chi connectivity index (χ3n) is 4.84. The molecule has 0 saturated carbocycles. The number of halogens is 1. The highest BCUT2D eigenvalue weighted by molar-refractivity contribution is 6.01. The zero-order valence-corrected chi connectivity index (χ0v) is 17.9. The SMILES string of the molecule is CC(C)NC(=O)N(Cc1cccc(F)c1)CC1CC(c2ccc(N(C)C)cc2)=NO1. The number of hydrogen-bond acceptors (Lipinski definition) is 4. The normalized spacial score (nSPS) is 15.5. The van der Waals surface area contributed by atoms with Gasteiger partial charge in [-0.05, 0) is 49.2 Å².